The van der Waals surface area contributed by atoms with E-state index >= 15 is 0 Å². The maximum atomic E-state index is 13.0. The molecule has 0 saturated carbocycles. The van der Waals surface area contributed by atoms with E-state index in [1.54, 1.807) is 27.0 Å². The molecule has 1 saturated heterocycles. The van der Waals surface area contributed by atoms with Gasteiger partial charge in [0.05, 0.1) is 6.61 Å². The molecule has 1 aliphatic heterocycles. The second kappa shape index (κ2) is 7.72. The molecule has 0 aromatic heterocycles. The third kappa shape index (κ3) is 4.02. The number of nitrogens with zero attached hydrogens (tertiary/aromatic N) is 1. The van der Waals surface area contributed by atoms with E-state index in [9.17, 15) is 13.2 Å². The van der Waals surface area contributed by atoms with Gasteiger partial charge in [-0.25, -0.2) is 8.42 Å². The molecule has 1 heterocycles. The summed E-state index contributed by atoms with van der Waals surface area (Å²) in [5, 5.41) is 2.96. The molecule has 0 radical (unpaired) electrons. The van der Waals surface area contributed by atoms with Crippen LogP contribution in [-0.2, 0) is 14.8 Å². The molecule has 0 spiro atoms. The van der Waals surface area contributed by atoms with Crippen LogP contribution in [0.4, 0.5) is 0 Å². The van der Waals surface area contributed by atoms with Crippen molar-refractivity contribution in [2.45, 2.75) is 31.6 Å². The lowest BCUT2D eigenvalue weighted by Gasteiger charge is -2.19. The monoisotopic (exact) mass is 374 g/mol. The maximum Gasteiger partial charge on any atom is 0.246 e. The van der Waals surface area contributed by atoms with Gasteiger partial charge in [-0.3, -0.25) is 4.79 Å². The van der Waals surface area contributed by atoms with Gasteiger partial charge in [-0.2, -0.15) is 4.31 Å². The summed E-state index contributed by atoms with van der Waals surface area (Å²) >= 11 is 6.12. The minimum atomic E-state index is -3.71. The predicted octanol–water partition coefficient (Wildman–Crippen LogP) is 2.19. The number of rotatable bonds is 6. The van der Waals surface area contributed by atoms with Gasteiger partial charge in [0.1, 0.15) is 10.6 Å². The van der Waals surface area contributed by atoms with E-state index in [1.165, 1.54) is 10.4 Å². The van der Waals surface area contributed by atoms with Gasteiger partial charge in [0.2, 0.25) is 15.9 Å². The fourth-order valence-electron chi connectivity index (χ4n) is 2.79. The van der Waals surface area contributed by atoms with Crippen molar-refractivity contribution >= 4 is 27.5 Å². The average Bonchev–Trinajstić information content (AvgIpc) is 3.00. The third-order valence-electron chi connectivity index (χ3n) is 4.14. The van der Waals surface area contributed by atoms with E-state index in [1.807, 2.05) is 0 Å². The van der Waals surface area contributed by atoms with Gasteiger partial charge < -0.3 is 10.1 Å². The number of hydrogen-bond acceptors (Lipinski definition) is 4. The van der Waals surface area contributed by atoms with Gasteiger partial charge in [0.15, 0.2) is 0 Å². The summed E-state index contributed by atoms with van der Waals surface area (Å²) in [6.45, 7) is 4.68. The zero-order valence-corrected chi connectivity index (χ0v) is 15.7. The van der Waals surface area contributed by atoms with E-state index < -0.39 is 10.0 Å². The summed E-state index contributed by atoms with van der Waals surface area (Å²) in [6.07, 6.45) is 0.992. The molecule has 6 nitrogen and oxygen atoms in total. The van der Waals surface area contributed by atoms with Gasteiger partial charge >= 0.3 is 0 Å². The molecule has 0 aliphatic carbocycles. The van der Waals surface area contributed by atoms with Crippen LogP contribution < -0.4 is 10.1 Å². The van der Waals surface area contributed by atoms with E-state index in [0.717, 1.165) is 5.56 Å². The largest absolute Gasteiger partial charge is 0.492 e. The summed E-state index contributed by atoms with van der Waals surface area (Å²) in [7, 11) is -2.14. The summed E-state index contributed by atoms with van der Waals surface area (Å²) in [4.78, 5) is 11.6. The Morgan fingerprint density at radius 3 is 2.79 bits per heavy atom. The first-order valence-corrected chi connectivity index (χ1v) is 9.75. The van der Waals surface area contributed by atoms with Crippen molar-refractivity contribution in [1.29, 1.82) is 0 Å². The fraction of sp³-hybridized carbons (Fsp3) is 0.562. The van der Waals surface area contributed by atoms with Gasteiger partial charge in [-0.15, -0.1) is 0 Å². The maximum absolute atomic E-state index is 13.0. The molecule has 1 N–H and O–H groups in total. The molecule has 1 amide bonds. The van der Waals surface area contributed by atoms with Crippen LogP contribution in [-0.4, -0.2) is 45.4 Å². The lowest BCUT2D eigenvalue weighted by atomic mass is 10.1. The highest BCUT2D eigenvalue weighted by Crippen LogP contribution is 2.34. The third-order valence-corrected chi connectivity index (χ3v) is 6.44. The molecular weight excluding hydrogens is 352 g/mol. The van der Waals surface area contributed by atoms with Crippen LogP contribution in [0.2, 0.25) is 5.02 Å². The number of benzene rings is 1. The van der Waals surface area contributed by atoms with Gasteiger partial charge in [-0.05, 0) is 43.9 Å². The molecule has 1 fully saturated rings. The summed E-state index contributed by atoms with van der Waals surface area (Å²) in [5.74, 6) is 0.262. The Kier molecular flexibility index (Phi) is 6.11. The molecule has 1 aliphatic rings. The van der Waals surface area contributed by atoms with Crippen LogP contribution in [0.25, 0.3) is 0 Å². The Morgan fingerprint density at radius 2 is 2.17 bits per heavy atom. The Labute approximate surface area is 148 Å². The van der Waals surface area contributed by atoms with Crippen molar-refractivity contribution in [2.24, 2.45) is 5.92 Å². The first-order valence-electron chi connectivity index (χ1n) is 7.93. The predicted molar refractivity (Wildman–Crippen MR) is 92.9 cm³/mol. The molecule has 0 bridgehead atoms. The van der Waals surface area contributed by atoms with Crippen molar-refractivity contribution in [3.05, 3.63) is 22.7 Å². The fourth-order valence-corrected chi connectivity index (χ4v) is 4.69. The molecular formula is C16H23ClN2O4S. The molecule has 8 heteroatoms. The highest BCUT2D eigenvalue weighted by molar-refractivity contribution is 7.89. The van der Waals surface area contributed by atoms with Gasteiger partial charge in [-0.1, -0.05) is 11.6 Å². The van der Waals surface area contributed by atoms with Crippen LogP contribution in [0.3, 0.4) is 0 Å². The van der Waals surface area contributed by atoms with E-state index in [4.69, 9.17) is 16.3 Å². The first-order chi connectivity index (χ1) is 11.3. The lowest BCUT2D eigenvalue weighted by Crippen LogP contribution is -2.30. The van der Waals surface area contributed by atoms with E-state index in [-0.39, 0.29) is 16.7 Å². The average molecular weight is 375 g/mol. The number of sulfonamides is 1. The highest BCUT2D eigenvalue weighted by atomic mass is 35.5. The number of halogens is 1. The lowest BCUT2D eigenvalue weighted by molar-refractivity contribution is -0.121. The van der Waals surface area contributed by atoms with Crippen LogP contribution in [0, 0.1) is 12.8 Å². The molecule has 1 aromatic carbocycles. The number of hydrogen-bond donors (Lipinski definition) is 1. The summed E-state index contributed by atoms with van der Waals surface area (Å²) in [5.41, 5.74) is 0.762. The van der Waals surface area contributed by atoms with Crippen molar-refractivity contribution in [3.63, 3.8) is 0 Å². The Bertz CT molecular complexity index is 721. The number of carbonyl (C=O) groups excluding carboxylic acids is 1. The Hall–Kier alpha value is -1.31. The number of aryl methyl sites for hydroxylation is 1. The first kappa shape index (κ1) is 19.0. The van der Waals surface area contributed by atoms with Gasteiger partial charge in [0.25, 0.3) is 0 Å². The molecule has 1 atom stereocenters. The van der Waals surface area contributed by atoms with E-state index in [0.29, 0.717) is 43.3 Å². The SMILES string of the molecule is CCOc1cc(C)c(Cl)cc1S(=O)(=O)N1CCC(CC(=O)NC)C1. The zero-order chi connectivity index (χ0) is 17.9. The number of amides is 1. The standard InChI is InChI=1S/C16H23ClN2O4S/c1-4-23-14-7-11(2)13(17)9-15(14)24(21,22)19-6-5-12(10-19)8-16(20)18-3/h7,9,12H,4-6,8,10H2,1-3H3,(H,18,20). The topological polar surface area (TPSA) is 75.7 Å². The minimum Gasteiger partial charge on any atom is -0.492 e. The Morgan fingerprint density at radius 1 is 1.46 bits per heavy atom. The summed E-state index contributed by atoms with van der Waals surface area (Å²) < 4.78 is 32.9. The second-order valence-corrected chi connectivity index (χ2v) is 8.19. The van der Waals surface area contributed by atoms with Crippen molar-refractivity contribution in [3.8, 4) is 5.75 Å². The summed E-state index contributed by atoms with van der Waals surface area (Å²) in [6, 6.07) is 3.10. The van der Waals surface area contributed by atoms with Crippen molar-refractivity contribution < 1.29 is 17.9 Å². The molecule has 24 heavy (non-hydrogen) atoms. The van der Waals surface area contributed by atoms with Crippen LogP contribution in [0.15, 0.2) is 17.0 Å². The smallest absolute Gasteiger partial charge is 0.246 e. The van der Waals surface area contributed by atoms with Crippen LogP contribution in [0.1, 0.15) is 25.3 Å². The van der Waals surface area contributed by atoms with Crippen LogP contribution in [0.5, 0.6) is 5.75 Å². The second-order valence-electron chi connectivity index (χ2n) is 5.88. The Balaban J connectivity index is 2.28. The van der Waals surface area contributed by atoms with E-state index in [2.05, 4.69) is 5.32 Å². The molecule has 1 unspecified atom stereocenters. The number of nitrogens with one attached hydrogen (secondary N) is 1. The molecule has 2 rings (SSSR count). The number of carbonyl (C=O) groups is 1. The number of ether oxygens (including phenoxy) is 1. The van der Waals surface area contributed by atoms with Crippen LogP contribution >= 0.6 is 11.6 Å². The normalized spacial score (nSPS) is 18.6. The molecule has 134 valence electrons. The molecule has 1 aromatic rings. The quantitative estimate of drug-likeness (QED) is 0.828. The minimum absolute atomic E-state index is 0.0242. The van der Waals surface area contributed by atoms with Crippen molar-refractivity contribution in [2.75, 3.05) is 26.7 Å². The van der Waals surface area contributed by atoms with Gasteiger partial charge in [0, 0.05) is 31.6 Å². The highest BCUT2D eigenvalue weighted by Gasteiger charge is 2.35. The zero-order valence-electron chi connectivity index (χ0n) is 14.1. The van der Waals surface area contributed by atoms with Crippen molar-refractivity contribution in [1.82, 2.24) is 9.62 Å².